The molecule has 1 aromatic rings. The first kappa shape index (κ1) is 14.4. The highest BCUT2D eigenvalue weighted by Crippen LogP contribution is 2.31. The van der Waals surface area contributed by atoms with Crippen LogP contribution in [0.25, 0.3) is 0 Å². The fraction of sp³-hybridized carbons (Fsp3) is 0.533. The smallest absolute Gasteiger partial charge is 0.410 e. The Balaban J connectivity index is 1.94. The number of amides is 1. The molecule has 0 radical (unpaired) electrons. The lowest BCUT2D eigenvalue weighted by atomic mass is 9.89. The van der Waals surface area contributed by atoms with Crippen LogP contribution >= 0.6 is 15.9 Å². The maximum absolute atomic E-state index is 11.9. The molecular formula is C15H20BrNO2. The van der Waals surface area contributed by atoms with Crippen LogP contribution in [-0.4, -0.2) is 29.7 Å². The standard InChI is InChI=1S/C15H20BrNO2/c1-10-7-12(16)5-6-13(10)11-8-17(9-11)14(18)19-15(2,3)4/h5-7,11H,8-9H2,1-4H3. The number of rotatable bonds is 1. The summed E-state index contributed by atoms with van der Waals surface area (Å²) in [6.45, 7) is 9.27. The van der Waals surface area contributed by atoms with Crippen molar-refractivity contribution in [3.8, 4) is 0 Å². The first-order valence-corrected chi connectivity index (χ1v) is 7.29. The molecule has 1 heterocycles. The van der Waals surface area contributed by atoms with Crippen molar-refractivity contribution in [1.82, 2.24) is 4.90 Å². The minimum absolute atomic E-state index is 0.210. The van der Waals surface area contributed by atoms with E-state index >= 15 is 0 Å². The van der Waals surface area contributed by atoms with Crippen LogP contribution in [-0.2, 0) is 4.74 Å². The van der Waals surface area contributed by atoms with Gasteiger partial charge >= 0.3 is 6.09 Å². The van der Waals surface area contributed by atoms with Gasteiger partial charge in [-0.2, -0.15) is 0 Å². The van der Waals surface area contributed by atoms with Crippen LogP contribution in [0, 0.1) is 6.92 Å². The molecule has 0 N–H and O–H groups in total. The Hall–Kier alpha value is -1.03. The highest BCUT2D eigenvalue weighted by molar-refractivity contribution is 9.10. The van der Waals surface area contributed by atoms with Crippen LogP contribution in [0.2, 0.25) is 0 Å². The third kappa shape index (κ3) is 3.50. The molecule has 0 unspecified atom stereocenters. The van der Waals surface area contributed by atoms with Crippen LogP contribution < -0.4 is 0 Å². The zero-order valence-corrected chi connectivity index (χ0v) is 13.5. The second-order valence-electron chi connectivity index (χ2n) is 6.08. The Morgan fingerprint density at radius 2 is 2.00 bits per heavy atom. The first-order chi connectivity index (χ1) is 8.76. The zero-order valence-electron chi connectivity index (χ0n) is 11.9. The van der Waals surface area contributed by atoms with E-state index in [2.05, 4.69) is 41.1 Å². The van der Waals surface area contributed by atoms with E-state index in [1.807, 2.05) is 20.8 Å². The van der Waals surface area contributed by atoms with Gasteiger partial charge in [0.2, 0.25) is 0 Å². The lowest BCUT2D eigenvalue weighted by molar-refractivity contribution is 0.00814. The van der Waals surface area contributed by atoms with E-state index < -0.39 is 5.60 Å². The summed E-state index contributed by atoms with van der Waals surface area (Å²) in [7, 11) is 0. The maximum atomic E-state index is 11.9. The highest BCUT2D eigenvalue weighted by atomic mass is 79.9. The predicted molar refractivity (Wildman–Crippen MR) is 79.4 cm³/mol. The largest absolute Gasteiger partial charge is 0.444 e. The molecule has 1 amide bonds. The van der Waals surface area contributed by atoms with E-state index in [0.29, 0.717) is 5.92 Å². The van der Waals surface area contributed by atoms with Crippen molar-refractivity contribution in [3.05, 3.63) is 33.8 Å². The second-order valence-corrected chi connectivity index (χ2v) is 7.00. The quantitative estimate of drug-likeness (QED) is 0.778. The lowest BCUT2D eigenvalue weighted by Gasteiger charge is -2.40. The first-order valence-electron chi connectivity index (χ1n) is 6.50. The summed E-state index contributed by atoms with van der Waals surface area (Å²) in [5, 5.41) is 0. The molecule has 104 valence electrons. The Labute approximate surface area is 123 Å². The molecule has 0 aliphatic carbocycles. The Bertz CT molecular complexity index is 487. The van der Waals surface area contributed by atoms with Crippen LogP contribution in [0.5, 0.6) is 0 Å². The van der Waals surface area contributed by atoms with Gasteiger partial charge in [0.25, 0.3) is 0 Å². The number of carbonyl (C=O) groups is 1. The molecule has 1 aliphatic heterocycles. The van der Waals surface area contributed by atoms with Crippen molar-refractivity contribution in [1.29, 1.82) is 0 Å². The van der Waals surface area contributed by atoms with Crippen molar-refractivity contribution in [2.24, 2.45) is 0 Å². The van der Waals surface area contributed by atoms with E-state index in [9.17, 15) is 4.79 Å². The summed E-state index contributed by atoms with van der Waals surface area (Å²) in [6, 6.07) is 6.31. The van der Waals surface area contributed by atoms with Gasteiger partial charge in [0.1, 0.15) is 5.60 Å². The molecule has 0 aromatic heterocycles. The van der Waals surface area contributed by atoms with Crippen LogP contribution in [0.1, 0.15) is 37.8 Å². The molecule has 0 bridgehead atoms. The molecule has 1 aromatic carbocycles. The van der Waals surface area contributed by atoms with Crippen LogP contribution in [0.3, 0.4) is 0 Å². The second kappa shape index (κ2) is 5.16. The van der Waals surface area contributed by atoms with Crippen molar-refractivity contribution in [2.75, 3.05) is 13.1 Å². The van der Waals surface area contributed by atoms with Crippen LogP contribution in [0.4, 0.5) is 4.79 Å². The monoisotopic (exact) mass is 325 g/mol. The van der Waals surface area contributed by atoms with Crippen LogP contribution in [0.15, 0.2) is 22.7 Å². The number of nitrogens with zero attached hydrogens (tertiary/aromatic N) is 1. The van der Waals surface area contributed by atoms with E-state index in [4.69, 9.17) is 4.74 Å². The normalized spacial score (nSPS) is 16.2. The fourth-order valence-corrected chi connectivity index (χ4v) is 2.72. The number of hydrogen-bond donors (Lipinski definition) is 0. The van der Waals surface area contributed by atoms with Gasteiger partial charge in [-0.1, -0.05) is 22.0 Å². The van der Waals surface area contributed by atoms with Crippen molar-refractivity contribution in [2.45, 2.75) is 39.2 Å². The summed E-state index contributed by atoms with van der Waals surface area (Å²) < 4.78 is 6.45. The zero-order chi connectivity index (χ0) is 14.2. The molecule has 1 aliphatic rings. The molecule has 4 heteroatoms. The summed E-state index contributed by atoms with van der Waals surface area (Å²) >= 11 is 3.47. The number of halogens is 1. The number of likely N-dealkylation sites (tertiary alicyclic amines) is 1. The number of aryl methyl sites for hydroxylation is 1. The summed E-state index contributed by atoms with van der Waals surface area (Å²) in [5.41, 5.74) is 2.17. The average Bonchev–Trinajstić information content (AvgIpc) is 2.16. The van der Waals surface area contributed by atoms with Gasteiger partial charge in [0, 0.05) is 23.5 Å². The maximum Gasteiger partial charge on any atom is 0.410 e. The average molecular weight is 326 g/mol. The Kier molecular flexibility index (Phi) is 3.90. The van der Waals surface area contributed by atoms with Crippen molar-refractivity contribution < 1.29 is 9.53 Å². The lowest BCUT2D eigenvalue weighted by Crippen LogP contribution is -2.50. The Morgan fingerprint density at radius 3 is 2.53 bits per heavy atom. The van der Waals surface area contributed by atoms with Gasteiger partial charge in [-0.25, -0.2) is 4.79 Å². The third-order valence-corrected chi connectivity index (χ3v) is 3.70. The molecule has 0 atom stereocenters. The number of benzene rings is 1. The topological polar surface area (TPSA) is 29.5 Å². The Morgan fingerprint density at radius 1 is 1.37 bits per heavy atom. The molecule has 1 fully saturated rings. The molecule has 19 heavy (non-hydrogen) atoms. The number of carbonyl (C=O) groups excluding carboxylic acids is 1. The van der Waals surface area contributed by atoms with E-state index in [1.165, 1.54) is 11.1 Å². The molecule has 0 spiro atoms. The SMILES string of the molecule is Cc1cc(Br)ccc1C1CN(C(=O)OC(C)(C)C)C1. The third-order valence-electron chi connectivity index (χ3n) is 3.20. The molecular weight excluding hydrogens is 306 g/mol. The minimum atomic E-state index is -0.421. The number of hydrogen-bond acceptors (Lipinski definition) is 2. The van der Waals surface area contributed by atoms with Gasteiger partial charge in [0.05, 0.1) is 0 Å². The molecule has 0 saturated carbocycles. The molecule has 1 saturated heterocycles. The van der Waals surface area contributed by atoms with Gasteiger partial charge in [-0.15, -0.1) is 0 Å². The number of ether oxygens (including phenoxy) is 1. The van der Waals surface area contributed by atoms with Gasteiger partial charge < -0.3 is 9.64 Å². The molecule has 2 rings (SSSR count). The molecule has 3 nitrogen and oxygen atoms in total. The van der Waals surface area contributed by atoms with E-state index in [-0.39, 0.29) is 6.09 Å². The van der Waals surface area contributed by atoms with E-state index in [1.54, 1.807) is 4.90 Å². The van der Waals surface area contributed by atoms with Crippen molar-refractivity contribution in [3.63, 3.8) is 0 Å². The summed E-state index contributed by atoms with van der Waals surface area (Å²) in [5.74, 6) is 0.431. The highest BCUT2D eigenvalue weighted by Gasteiger charge is 2.35. The van der Waals surface area contributed by atoms with Gasteiger partial charge in [0.15, 0.2) is 0 Å². The van der Waals surface area contributed by atoms with Gasteiger partial charge in [-0.3, -0.25) is 0 Å². The van der Waals surface area contributed by atoms with E-state index in [0.717, 1.165) is 17.6 Å². The predicted octanol–water partition coefficient (Wildman–Crippen LogP) is 4.09. The summed E-state index contributed by atoms with van der Waals surface area (Å²) in [4.78, 5) is 13.6. The van der Waals surface area contributed by atoms with Crippen molar-refractivity contribution >= 4 is 22.0 Å². The fourth-order valence-electron chi connectivity index (χ4n) is 2.25. The minimum Gasteiger partial charge on any atom is -0.444 e. The summed E-state index contributed by atoms with van der Waals surface area (Å²) in [6.07, 6.45) is -0.210. The van der Waals surface area contributed by atoms with Gasteiger partial charge in [-0.05, 0) is 51.0 Å².